The summed E-state index contributed by atoms with van der Waals surface area (Å²) in [5.41, 5.74) is 3.00. The minimum absolute atomic E-state index is 0.519. The lowest BCUT2D eigenvalue weighted by Crippen LogP contribution is -2.29. The zero-order chi connectivity index (χ0) is 13.5. The van der Waals surface area contributed by atoms with Gasteiger partial charge >= 0.3 is 0 Å². The molecule has 1 saturated carbocycles. The summed E-state index contributed by atoms with van der Waals surface area (Å²) in [5.74, 6) is 1.47. The van der Waals surface area contributed by atoms with Crippen molar-refractivity contribution >= 4 is 0 Å². The Morgan fingerprint density at radius 2 is 2.10 bits per heavy atom. The Bertz CT molecular complexity index is 618. The van der Waals surface area contributed by atoms with Gasteiger partial charge in [0.2, 0.25) is 5.89 Å². The Labute approximate surface area is 118 Å². The first-order valence-electron chi connectivity index (χ1n) is 7.44. The lowest BCUT2D eigenvalue weighted by Gasteiger charge is -2.28. The van der Waals surface area contributed by atoms with E-state index in [-0.39, 0.29) is 0 Å². The van der Waals surface area contributed by atoms with Crippen molar-refractivity contribution < 1.29 is 4.52 Å². The van der Waals surface area contributed by atoms with Crippen LogP contribution in [0.1, 0.15) is 48.1 Å². The molecule has 1 aromatic carbocycles. The molecule has 0 aliphatic heterocycles. The molecule has 20 heavy (non-hydrogen) atoms. The van der Waals surface area contributed by atoms with Crippen LogP contribution in [-0.4, -0.2) is 21.1 Å². The van der Waals surface area contributed by atoms with Gasteiger partial charge in [-0.05, 0) is 43.7 Å². The largest absolute Gasteiger partial charge is 0.338 e. The first-order valence-corrected chi connectivity index (χ1v) is 7.44. The Hall–Kier alpha value is -1.68. The Kier molecular flexibility index (Phi) is 2.84. The van der Waals surface area contributed by atoms with Gasteiger partial charge in [0.05, 0.1) is 6.54 Å². The zero-order valence-corrected chi connectivity index (χ0v) is 11.7. The van der Waals surface area contributed by atoms with E-state index in [4.69, 9.17) is 4.52 Å². The summed E-state index contributed by atoms with van der Waals surface area (Å²) in [4.78, 5) is 6.94. The van der Waals surface area contributed by atoms with E-state index in [1.807, 2.05) is 6.92 Å². The van der Waals surface area contributed by atoms with Crippen LogP contribution in [-0.2, 0) is 13.0 Å². The van der Waals surface area contributed by atoms with Crippen LogP contribution < -0.4 is 0 Å². The van der Waals surface area contributed by atoms with Crippen molar-refractivity contribution in [3.8, 4) is 0 Å². The van der Waals surface area contributed by atoms with Gasteiger partial charge in [0.1, 0.15) is 0 Å². The van der Waals surface area contributed by atoms with Gasteiger partial charge in [-0.15, -0.1) is 0 Å². The number of aromatic nitrogens is 2. The molecule has 0 radical (unpaired) electrons. The number of hydrogen-bond acceptors (Lipinski definition) is 4. The van der Waals surface area contributed by atoms with Crippen molar-refractivity contribution in [1.82, 2.24) is 15.0 Å². The fraction of sp³-hybridized carbons (Fsp3) is 0.500. The lowest BCUT2D eigenvalue weighted by atomic mass is 10.1. The highest BCUT2D eigenvalue weighted by atomic mass is 16.5. The van der Waals surface area contributed by atoms with E-state index < -0.39 is 0 Å². The molecule has 0 saturated heterocycles. The van der Waals surface area contributed by atoms with Gasteiger partial charge in [-0.1, -0.05) is 29.4 Å². The van der Waals surface area contributed by atoms with Crippen LogP contribution in [0.4, 0.5) is 0 Å². The van der Waals surface area contributed by atoms with E-state index in [0.29, 0.717) is 12.1 Å². The van der Waals surface area contributed by atoms with Crippen molar-refractivity contribution in [2.75, 3.05) is 0 Å². The molecule has 4 heteroatoms. The zero-order valence-electron chi connectivity index (χ0n) is 11.7. The molecule has 4 rings (SSSR count). The highest BCUT2D eigenvalue weighted by Gasteiger charge is 2.38. The maximum atomic E-state index is 5.32. The molecular formula is C16H19N3O. The summed E-state index contributed by atoms with van der Waals surface area (Å²) in [6.07, 6.45) is 4.99. The minimum Gasteiger partial charge on any atom is -0.338 e. The lowest BCUT2D eigenvalue weighted by molar-refractivity contribution is 0.154. The van der Waals surface area contributed by atoms with Crippen LogP contribution in [0, 0.1) is 6.92 Å². The molecule has 1 atom stereocenters. The summed E-state index contributed by atoms with van der Waals surface area (Å²) >= 11 is 0. The van der Waals surface area contributed by atoms with E-state index in [1.165, 1.54) is 36.8 Å². The Balaban J connectivity index is 1.61. The van der Waals surface area contributed by atoms with Crippen LogP contribution in [0.5, 0.6) is 0 Å². The third-order valence-electron chi connectivity index (χ3n) is 4.40. The molecule has 0 unspecified atom stereocenters. The normalized spacial score (nSPS) is 21.4. The molecular weight excluding hydrogens is 250 g/mol. The van der Waals surface area contributed by atoms with Crippen molar-refractivity contribution in [3.05, 3.63) is 47.1 Å². The van der Waals surface area contributed by atoms with Gasteiger partial charge in [0.25, 0.3) is 0 Å². The van der Waals surface area contributed by atoms with E-state index in [1.54, 1.807) is 0 Å². The number of rotatable bonds is 4. The summed E-state index contributed by atoms with van der Waals surface area (Å²) in [6.45, 7) is 2.66. The third-order valence-corrected chi connectivity index (χ3v) is 4.40. The van der Waals surface area contributed by atoms with Gasteiger partial charge in [-0.2, -0.15) is 4.98 Å². The highest BCUT2D eigenvalue weighted by Crippen LogP contribution is 2.42. The molecule has 2 aliphatic carbocycles. The van der Waals surface area contributed by atoms with Gasteiger partial charge < -0.3 is 4.52 Å². The number of benzene rings is 1. The van der Waals surface area contributed by atoms with Crippen LogP contribution in [0.2, 0.25) is 0 Å². The molecule has 1 fully saturated rings. The quantitative estimate of drug-likeness (QED) is 0.855. The average Bonchev–Trinajstić information content (AvgIpc) is 3.09. The smallest absolute Gasteiger partial charge is 0.240 e. The van der Waals surface area contributed by atoms with Crippen LogP contribution in [0.3, 0.4) is 0 Å². The van der Waals surface area contributed by atoms with Crippen LogP contribution in [0.15, 0.2) is 28.8 Å². The summed E-state index contributed by atoms with van der Waals surface area (Å²) in [5, 5.41) is 3.91. The monoisotopic (exact) mass is 269 g/mol. The average molecular weight is 269 g/mol. The van der Waals surface area contributed by atoms with Crippen molar-refractivity contribution in [2.24, 2.45) is 0 Å². The molecule has 2 aliphatic rings. The van der Waals surface area contributed by atoms with Gasteiger partial charge in [-0.25, -0.2) is 0 Å². The number of hydrogen-bond donors (Lipinski definition) is 0. The molecule has 4 nitrogen and oxygen atoms in total. The molecule has 2 aromatic rings. The van der Waals surface area contributed by atoms with E-state index >= 15 is 0 Å². The second-order valence-corrected chi connectivity index (χ2v) is 5.89. The SMILES string of the molecule is Cc1noc(CN(C2CC2)[C@@H]2CCc3ccccc32)n1. The van der Waals surface area contributed by atoms with Gasteiger partial charge in [-0.3, -0.25) is 4.90 Å². The molecule has 1 heterocycles. The molecule has 0 N–H and O–H groups in total. The first kappa shape index (κ1) is 12.1. The van der Waals surface area contributed by atoms with Gasteiger partial charge in [0, 0.05) is 12.1 Å². The summed E-state index contributed by atoms with van der Waals surface area (Å²) < 4.78 is 5.32. The van der Waals surface area contributed by atoms with Crippen molar-refractivity contribution in [1.29, 1.82) is 0 Å². The fourth-order valence-electron chi connectivity index (χ4n) is 3.34. The summed E-state index contributed by atoms with van der Waals surface area (Å²) in [7, 11) is 0. The summed E-state index contributed by atoms with van der Waals surface area (Å²) in [6, 6.07) is 10.0. The molecule has 0 bridgehead atoms. The van der Waals surface area contributed by atoms with Gasteiger partial charge in [0.15, 0.2) is 5.82 Å². The fourth-order valence-corrected chi connectivity index (χ4v) is 3.34. The maximum Gasteiger partial charge on any atom is 0.240 e. The van der Waals surface area contributed by atoms with Crippen molar-refractivity contribution in [2.45, 2.75) is 51.2 Å². The highest BCUT2D eigenvalue weighted by molar-refractivity contribution is 5.34. The second-order valence-electron chi connectivity index (χ2n) is 5.89. The first-order chi connectivity index (χ1) is 9.81. The van der Waals surface area contributed by atoms with E-state index in [2.05, 4.69) is 39.3 Å². The molecule has 104 valence electrons. The molecule has 0 amide bonds. The number of fused-ring (bicyclic) bond motifs is 1. The standard InChI is InChI=1S/C16H19N3O/c1-11-17-16(20-18-11)10-19(13-7-8-13)15-9-6-12-4-2-3-5-14(12)15/h2-5,13,15H,6-10H2,1H3/t15-/m1/s1. The predicted octanol–water partition coefficient (Wildman–Crippen LogP) is 3.03. The Morgan fingerprint density at radius 1 is 1.25 bits per heavy atom. The van der Waals surface area contributed by atoms with Crippen LogP contribution in [0.25, 0.3) is 0 Å². The second kappa shape index (κ2) is 4.70. The third kappa shape index (κ3) is 2.14. The maximum absolute atomic E-state index is 5.32. The topological polar surface area (TPSA) is 42.2 Å². The van der Waals surface area contributed by atoms with Crippen molar-refractivity contribution in [3.63, 3.8) is 0 Å². The predicted molar refractivity (Wildman–Crippen MR) is 75.1 cm³/mol. The number of aryl methyl sites for hydroxylation is 2. The van der Waals surface area contributed by atoms with E-state index in [0.717, 1.165) is 18.3 Å². The molecule has 1 aromatic heterocycles. The van der Waals surface area contributed by atoms with E-state index in [9.17, 15) is 0 Å². The minimum atomic E-state index is 0.519. The molecule has 0 spiro atoms. The number of nitrogens with zero attached hydrogens (tertiary/aromatic N) is 3. The van der Waals surface area contributed by atoms with Crippen LogP contribution >= 0.6 is 0 Å². The Morgan fingerprint density at radius 3 is 2.85 bits per heavy atom.